The Morgan fingerprint density at radius 2 is 1.87 bits per heavy atom. The van der Waals surface area contributed by atoms with Gasteiger partial charge in [-0.15, -0.1) is 0 Å². The number of carbonyl (C=O) groups is 2. The number of aliphatic carboxylic acids is 2. The molecule has 0 rings (SSSR count). The van der Waals surface area contributed by atoms with Crippen LogP contribution >= 0.6 is 0 Å². The Labute approximate surface area is 88.6 Å². The topological polar surface area (TPSA) is 101 Å². The third kappa shape index (κ3) is 2.56. The third-order valence-corrected chi connectivity index (χ3v) is 2.71. The molecule has 0 saturated carbocycles. The highest BCUT2D eigenvalue weighted by atomic mass is 16.4. The fourth-order valence-electron chi connectivity index (χ4n) is 1.62. The van der Waals surface area contributed by atoms with Crippen LogP contribution in [0.3, 0.4) is 0 Å². The van der Waals surface area contributed by atoms with Gasteiger partial charge in [-0.3, -0.25) is 4.79 Å². The molecular formula is C10H17NO4. The minimum atomic E-state index is -1.55. The molecule has 2 atom stereocenters. The van der Waals surface area contributed by atoms with Crippen LogP contribution in [0.2, 0.25) is 0 Å². The van der Waals surface area contributed by atoms with Crippen LogP contribution < -0.4 is 5.73 Å². The van der Waals surface area contributed by atoms with E-state index in [1.54, 1.807) is 13.8 Å². The summed E-state index contributed by atoms with van der Waals surface area (Å²) in [5.74, 6) is -3.15. The molecule has 0 aliphatic rings. The predicted molar refractivity (Wildman–Crippen MR) is 55.4 cm³/mol. The molecule has 0 amide bonds. The molecule has 0 aromatic heterocycles. The number of rotatable bonds is 6. The van der Waals surface area contributed by atoms with E-state index in [1.165, 1.54) is 0 Å². The minimum absolute atomic E-state index is 0.149. The number of carboxylic acid groups (broad SMARTS) is 2. The van der Waals surface area contributed by atoms with Crippen LogP contribution in [0.15, 0.2) is 12.2 Å². The molecule has 2 unspecified atom stereocenters. The van der Waals surface area contributed by atoms with Crippen LogP contribution in [0.5, 0.6) is 0 Å². The van der Waals surface area contributed by atoms with E-state index in [4.69, 9.17) is 15.9 Å². The lowest BCUT2D eigenvalue weighted by atomic mass is 9.76. The highest BCUT2D eigenvalue weighted by molar-refractivity contribution is 5.89. The minimum Gasteiger partial charge on any atom is -0.480 e. The predicted octanol–water partition coefficient (Wildman–Crippen LogP) is 0.845. The van der Waals surface area contributed by atoms with Crippen molar-refractivity contribution in [3.05, 3.63) is 12.2 Å². The van der Waals surface area contributed by atoms with E-state index in [0.717, 1.165) is 0 Å². The SMILES string of the molecule is C=C(C(=O)O)C(CC)C(N)(CC)C(=O)O. The van der Waals surface area contributed by atoms with E-state index in [-0.39, 0.29) is 12.0 Å². The number of hydrogen-bond acceptors (Lipinski definition) is 3. The fourth-order valence-corrected chi connectivity index (χ4v) is 1.62. The first-order valence-corrected chi connectivity index (χ1v) is 4.75. The summed E-state index contributed by atoms with van der Waals surface area (Å²) in [5, 5.41) is 17.8. The van der Waals surface area contributed by atoms with Crippen LogP contribution in [0.25, 0.3) is 0 Å². The molecular weight excluding hydrogens is 198 g/mol. The normalized spacial score (nSPS) is 16.5. The molecule has 15 heavy (non-hydrogen) atoms. The Morgan fingerprint density at radius 1 is 1.40 bits per heavy atom. The quantitative estimate of drug-likeness (QED) is 0.570. The van der Waals surface area contributed by atoms with Crippen molar-refractivity contribution in [2.45, 2.75) is 32.2 Å². The maximum atomic E-state index is 11.0. The summed E-state index contributed by atoms with van der Waals surface area (Å²) in [6, 6.07) is 0. The molecule has 0 heterocycles. The monoisotopic (exact) mass is 215 g/mol. The summed E-state index contributed by atoms with van der Waals surface area (Å²) in [5.41, 5.74) is 4.01. The summed E-state index contributed by atoms with van der Waals surface area (Å²) in [6.45, 7) is 6.69. The van der Waals surface area contributed by atoms with E-state index in [9.17, 15) is 9.59 Å². The van der Waals surface area contributed by atoms with Gasteiger partial charge in [0.05, 0.1) is 0 Å². The molecule has 0 bridgehead atoms. The van der Waals surface area contributed by atoms with Crippen molar-refractivity contribution in [3.8, 4) is 0 Å². The molecule has 5 heteroatoms. The van der Waals surface area contributed by atoms with E-state index >= 15 is 0 Å². The average molecular weight is 215 g/mol. The highest BCUT2D eigenvalue weighted by Gasteiger charge is 2.42. The second-order valence-electron chi connectivity index (χ2n) is 3.49. The zero-order valence-electron chi connectivity index (χ0n) is 8.99. The van der Waals surface area contributed by atoms with Gasteiger partial charge >= 0.3 is 11.9 Å². The summed E-state index contributed by atoms with van der Waals surface area (Å²) in [7, 11) is 0. The van der Waals surface area contributed by atoms with Gasteiger partial charge < -0.3 is 15.9 Å². The number of hydrogen-bond donors (Lipinski definition) is 3. The van der Waals surface area contributed by atoms with Crippen LogP contribution in [-0.4, -0.2) is 27.7 Å². The van der Waals surface area contributed by atoms with Crippen molar-refractivity contribution in [3.63, 3.8) is 0 Å². The van der Waals surface area contributed by atoms with Gasteiger partial charge in [-0.05, 0) is 12.8 Å². The van der Waals surface area contributed by atoms with Gasteiger partial charge in [-0.25, -0.2) is 4.79 Å². The van der Waals surface area contributed by atoms with Gasteiger partial charge in [0.1, 0.15) is 5.54 Å². The van der Waals surface area contributed by atoms with Gasteiger partial charge in [0.15, 0.2) is 0 Å². The van der Waals surface area contributed by atoms with Crippen LogP contribution in [0, 0.1) is 5.92 Å². The van der Waals surface area contributed by atoms with Crippen molar-refractivity contribution >= 4 is 11.9 Å². The summed E-state index contributed by atoms with van der Waals surface area (Å²) >= 11 is 0. The lowest BCUT2D eigenvalue weighted by molar-refractivity contribution is -0.145. The Hall–Kier alpha value is -1.36. The molecule has 0 aliphatic heterocycles. The Morgan fingerprint density at radius 3 is 2.07 bits per heavy atom. The summed E-state index contributed by atoms with van der Waals surface area (Å²) in [4.78, 5) is 21.8. The summed E-state index contributed by atoms with van der Waals surface area (Å²) < 4.78 is 0. The molecule has 0 aromatic carbocycles. The smallest absolute Gasteiger partial charge is 0.331 e. The zero-order valence-corrected chi connectivity index (χ0v) is 8.99. The molecule has 0 aromatic rings. The van der Waals surface area contributed by atoms with Gasteiger partial charge in [0.2, 0.25) is 0 Å². The first-order valence-electron chi connectivity index (χ1n) is 4.75. The number of carboxylic acids is 2. The van der Waals surface area contributed by atoms with Crippen molar-refractivity contribution in [1.82, 2.24) is 0 Å². The van der Waals surface area contributed by atoms with Gasteiger partial charge in [0.25, 0.3) is 0 Å². The molecule has 0 aliphatic carbocycles. The molecule has 0 radical (unpaired) electrons. The van der Waals surface area contributed by atoms with Gasteiger partial charge in [0, 0.05) is 11.5 Å². The van der Waals surface area contributed by atoms with Crippen LogP contribution in [0.1, 0.15) is 26.7 Å². The van der Waals surface area contributed by atoms with E-state index in [1.807, 2.05) is 0 Å². The average Bonchev–Trinajstić information content (AvgIpc) is 2.17. The first-order chi connectivity index (χ1) is 6.81. The molecule has 4 N–H and O–H groups in total. The van der Waals surface area contributed by atoms with E-state index < -0.39 is 23.4 Å². The van der Waals surface area contributed by atoms with Crippen molar-refractivity contribution in [2.24, 2.45) is 11.7 Å². The third-order valence-electron chi connectivity index (χ3n) is 2.71. The Balaban J connectivity index is 5.18. The van der Waals surface area contributed by atoms with Crippen molar-refractivity contribution in [2.75, 3.05) is 0 Å². The summed E-state index contributed by atoms with van der Waals surface area (Å²) in [6.07, 6.45) is 0.495. The standard InChI is InChI=1S/C10H17NO4/c1-4-7(6(3)8(12)13)10(11,5-2)9(14)15/h7H,3-5,11H2,1-2H3,(H,12,13)(H,14,15). The molecule has 86 valence electrons. The zero-order chi connectivity index (χ0) is 12.2. The second-order valence-corrected chi connectivity index (χ2v) is 3.49. The van der Waals surface area contributed by atoms with E-state index in [0.29, 0.717) is 6.42 Å². The maximum absolute atomic E-state index is 11.0. The Bertz CT molecular complexity index is 287. The van der Waals surface area contributed by atoms with Crippen LogP contribution in [0.4, 0.5) is 0 Å². The maximum Gasteiger partial charge on any atom is 0.331 e. The molecule has 0 fully saturated rings. The van der Waals surface area contributed by atoms with Gasteiger partial charge in [-0.2, -0.15) is 0 Å². The molecule has 0 spiro atoms. The van der Waals surface area contributed by atoms with Crippen molar-refractivity contribution < 1.29 is 19.8 Å². The van der Waals surface area contributed by atoms with Gasteiger partial charge in [-0.1, -0.05) is 20.4 Å². The fraction of sp³-hybridized carbons (Fsp3) is 0.600. The second kappa shape index (κ2) is 4.93. The van der Waals surface area contributed by atoms with Crippen LogP contribution in [-0.2, 0) is 9.59 Å². The van der Waals surface area contributed by atoms with E-state index in [2.05, 4.69) is 6.58 Å². The number of nitrogens with two attached hydrogens (primary N) is 1. The molecule has 0 saturated heterocycles. The lowest BCUT2D eigenvalue weighted by Crippen LogP contribution is -2.54. The lowest BCUT2D eigenvalue weighted by Gasteiger charge is -2.32. The highest BCUT2D eigenvalue weighted by Crippen LogP contribution is 2.28. The first kappa shape index (κ1) is 13.6. The largest absolute Gasteiger partial charge is 0.480 e. The van der Waals surface area contributed by atoms with Crippen molar-refractivity contribution in [1.29, 1.82) is 0 Å². The Kier molecular flexibility index (Phi) is 4.48. The molecule has 5 nitrogen and oxygen atoms in total.